The lowest BCUT2D eigenvalue weighted by Gasteiger charge is -2.25. The molecule has 1 saturated heterocycles. The SMILES string of the molecule is CCOC(=O)C/C(C)=N/N=C1/NNC(=O)CC1c1ccc(C)cc1. The Morgan fingerprint density at radius 1 is 1.29 bits per heavy atom. The van der Waals surface area contributed by atoms with Crippen LogP contribution >= 0.6 is 0 Å². The van der Waals surface area contributed by atoms with Gasteiger partial charge in [0.25, 0.3) is 0 Å². The number of carbonyl (C=O) groups excluding carboxylic acids is 2. The molecule has 1 heterocycles. The minimum Gasteiger partial charge on any atom is -0.466 e. The van der Waals surface area contributed by atoms with E-state index in [9.17, 15) is 9.59 Å². The van der Waals surface area contributed by atoms with Gasteiger partial charge in [-0.1, -0.05) is 29.8 Å². The molecule has 1 fully saturated rings. The monoisotopic (exact) mass is 330 g/mol. The lowest BCUT2D eigenvalue weighted by Crippen LogP contribution is -2.50. The maximum Gasteiger partial charge on any atom is 0.311 e. The van der Waals surface area contributed by atoms with Crippen molar-refractivity contribution in [2.75, 3.05) is 6.61 Å². The smallest absolute Gasteiger partial charge is 0.311 e. The normalized spacial score (nSPS) is 19.6. The van der Waals surface area contributed by atoms with E-state index in [1.54, 1.807) is 13.8 Å². The van der Waals surface area contributed by atoms with Crippen LogP contribution in [0.25, 0.3) is 0 Å². The molecule has 0 bridgehead atoms. The second kappa shape index (κ2) is 8.24. The van der Waals surface area contributed by atoms with Crippen molar-refractivity contribution in [3.8, 4) is 0 Å². The van der Waals surface area contributed by atoms with Crippen molar-refractivity contribution in [2.24, 2.45) is 10.2 Å². The molecule has 1 unspecified atom stereocenters. The fraction of sp³-hybridized carbons (Fsp3) is 0.412. The summed E-state index contributed by atoms with van der Waals surface area (Å²) in [5.41, 5.74) is 8.02. The number of carbonyl (C=O) groups is 2. The van der Waals surface area contributed by atoms with Crippen molar-refractivity contribution in [1.29, 1.82) is 0 Å². The maximum atomic E-state index is 11.7. The molecule has 0 aromatic heterocycles. The molecule has 2 rings (SSSR count). The van der Waals surface area contributed by atoms with E-state index in [-0.39, 0.29) is 24.2 Å². The van der Waals surface area contributed by atoms with Crippen molar-refractivity contribution in [2.45, 2.75) is 39.5 Å². The molecule has 0 aliphatic carbocycles. The lowest BCUT2D eigenvalue weighted by atomic mass is 9.92. The van der Waals surface area contributed by atoms with Gasteiger partial charge in [-0.05, 0) is 26.3 Å². The molecular formula is C17H22N4O3. The molecule has 24 heavy (non-hydrogen) atoms. The highest BCUT2D eigenvalue weighted by Crippen LogP contribution is 2.23. The van der Waals surface area contributed by atoms with E-state index >= 15 is 0 Å². The van der Waals surface area contributed by atoms with Gasteiger partial charge in [0.15, 0.2) is 5.84 Å². The van der Waals surface area contributed by atoms with Crippen LogP contribution in [0, 0.1) is 6.92 Å². The minimum atomic E-state index is -0.334. The molecule has 0 spiro atoms. The minimum absolute atomic E-state index is 0.0895. The quantitative estimate of drug-likeness (QED) is 0.489. The first-order chi connectivity index (χ1) is 11.5. The molecule has 1 aliphatic heterocycles. The number of esters is 1. The van der Waals surface area contributed by atoms with Crippen LogP contribution in [0.3, 0.4) is 0 Å². The summed E-state index contributed by atoms with van der Waals surface area (Å²) in [6, 6.07) is 7.94. The Morgan fingerprint density at radius 3 is 2.67 bits per heavy atom. The van der Waals surface area contributed by atoms with Gasteiger partial charge in [-0.2, -0.15) is 5.10 Å². The predicted molar refractivity (Wildman–Crippen MR) is 91.6 cm³/mol. The molecule has 1 aromatic carbocycles. The third-order valence-corrected chi connectivity index (χ3v) is 3.56. The lowest BCUT2D eigenvalue weighted by molar-refractivity contribution is -0.141. The molecule has 0 saturated carbocycles. The van der Waals surface area contributed by atoms with Gasteiger partial charge in [-0.15, -0.1) is 5.10 Å². The van der Waals surface area contributed by atoms with Crippen molar-refractivity contribution in [1.82, 2.24) is 10.9 Å². The van der Waals surface area contributed by atoms with E-state index in [2.05, 4.69) is 21.1 Å². The Hall–Kier alpha value is -2.70. The summed E-state index contributed by atoms with van der Waals surface area (Å²) >= 11 is 0. The average Bonchev–Trinajstić information content (AvgIpc) is 2.54. The van der Waals surface area contributed by atoms with E-state index in [1.807, 2.05) is 31.2 Å². The van der Waals surface area contributed by atoms with Crippen LogP contribution in [-0.2, 0) is 14.3 Å². The number of rotatable bonds is 5. The highest BCUT2D eigenvalue weighted by molar-refractivity contribution is 6.00. The van der Waals surface area contributed by atoms with Crippen LogP contribution in [0.2, 0.25) is 0 Å². The number of nitrogens with zero attached hydrogens (tertiary/aromatic N) is 2. The van der Waals surface area contributed by atoms with Crippen molar-refractivity contribution in [3.63, 3.8) is 0 Å². The molecule has 1 atom stereocenters. The summed E-state index contributed by atoms with van der Waals surface area (Å²) < 4.78 is 4.88. The number of hydrazine groups is 1. The van der Waals surface area contributed by atoms with Gasteiger partial charge >= 0.3 is 5.97 Å². The zero-order valence-electron chi connectivity index (χ0n) is 14.1. The molecule has 0 radical (unpaired) electrons. The van der Waals surface area contributed by atoms with Crippen LogP contribution in [0.1, 0.15) is 43.7 Å². The highest BCUT2D eigenvalue weighted by atomic mass is 16.5. The number of nitrogens with one attached hydrogen (secondary N) is 2. The third kappa shape index (κ3) is 4.91. The third-order valence-electron chi connectivity index (χ3n) is 3.56. The molecular weight excluding hydrogens is 308 g/mol. The fourth-order valence-electron chi connectivity index (χ4n) is 2.32. The summed E-state index contributed by atoms with van der Waals surface area (Å²) in [6.45, 7) is 5.81. The number of ether oxygens (including phenoxy) is 1. The second-order valence-electron chi connectivity index (χ2n) is 5.64. The van der Waals surface area contributed by atoms with E-state index in [0.717, 1.165) is 11.1 Å². The van der Waals surface area contributed by atoms with Crippen molar-refractivity contribution < 1.29 is 14.3 Å². The Labute approximate surface area is 141 Å². The van der Waals surface area contributed by atoms with Crippen molar-refractivity contribution >= 4 is 23.4 Å². The van der Waals surface area contributed by atoms with E-state index in [4.69, 9.17) is 4.74 Å². The van der Waals surface area contributed by atoms with Gasteiger partial charge < -0.3 is 4.74 Å². The summed E-state index contributed by atoms with van der Waals surface area (Å²) in [5, 5.41) is 8.26. The Morgan fingerprint density at radius 2 is 2.00 bits per heavy atom. The molecule has 1 aromatic rings. The molecule has 2 N–H and O–H groups in total. The first-order valence-electron chi connectivity index (χ1n) is 7.87. The number of amides is 1. The second-order valence-corrected chi connectivity index (χ2v) is 5.64. The first-order valence-corrected chi connectivity index (χ1v) is 7.87. The summed E-state index contributed by atoms with van der Waals surface area (Å²) in [7, 11) is 0. The number of aryl methyl sites for hydroxylation is 1. The molecule has 1 aliphatic rings. The van der Waals surface area contributed by atoms with Gasteiger partial charge in [-0.25, -0.2) is 0 Å². The molecule has 7 nitrogen and oxygen atoms in total. The van der Waals surface area contributed by atoms with Crippen LogP contribution in [0.4, 0.5) is 0 Å². The predicted octanol–water partition coefficient (Wildman–Crippen LogP) is 1.83. The summed E-state index contributed by atoms with van der Waals surface area (Å²) in [4.78, 5) is 23.1. The zero-order valence-corrected chi connectivity index (χ0v) is 14.1. The molecule has 7 heteroatoms. The van der Waals surface area contributed by atoms with Crippen LogP contribution in [0.5, 0.6) is 0 Å². The zero-order chi connectivity index (χ0) is 17.5. The number of benzene rings is 1. The van der Waals surface area contributed by atoms with E-state index < -0.39 is 0 Å². The van der Waals surface area contributed by atoms with Crippen LogP contribution < -0.4 is 10.9 Å². The van der Waals surface area contributed by atoms with Gasteiger partial charge in [-0.3, -0.25) is 20.4 Å². The largest absolute Gasteiger partial charge is 0.466 e. The van der Waals surface area contributed by atoms with Crippen LogP contribution in [0.15, 0.2) is 34.5 Å². The highest BCUT2D eigenvalue weighted by Gasteiger charge is 2.27. The van der Waals surface area contributed by atoms with Gasteiger partial charge in [0.2, 0.25) is 5.91 Å². The number of amidine groups is 1. The van der Waals surface area contributed by atoms with E-state index in [0.29, 0.717) is 24.6 Å². The van der Waals surface area contributed by atoms with E-state index in [1.165, 1.54) is 0 Å². The molecule has 1 amide bonds. The Bertz CT molecular complexity index is 665. The van der Waals surface area contributed by atoms with Gasteiger partial charge in [0, 0.05) is 12.1 Å². The Balaban J connectivity index is 2.17. The average molecular weight is 330 g/mol. The standard InChI is InChI=1S/C17H22N4O3/c1-4-24-16(23)9-12(3)18-20-17-14(10-15(22)19-21-17)13-7-5-11(2)6-8-13/h5-8,14H,4,9-10H2,1-3H3,(H,19,22)(H,20,21)/b18-12+. The number of hydrogen-bond donors (Lipinski definition) is 2. The maximum absolute atomic E-state index is 11.7. The summed E-state index contributed by atoms with van der Waals surface area (Å²) in [6.07, 6.45) is 0.382. The number of hydrogen-bond acceptors (Lipinski definition) is 5. The Kier molecular flexibility index (Phi) is 6.06. The summed E-state index contributed by atoms with van der Waals surface area (Å²) in [5.74, 6) is -0.0918. The fourth-order valence-corrected chi connectivity index (χ4v) is 2.32. The van der Waals surface area contributed by atoms with Crippen LogP contribution in [-0.4, -0.2) is 30.0 Å². The van der Waals surface area contributed by atoms with Crippen molar-refractivity contribution in [3.05, 3.63) is 35.4 Å². The van der Waals surface area contributed by atoms with Gasteiger partial charge in [0.05, 0.1) is 18.9 Å². The molecule has 128 valence electrons. The topological polar surface area (TPSA) is 92.2 Å². The first kappa shape index (κ1) is 17.7. The van der Waals surface area contributed by atoms with Gasteiger partial charge in [0.1, 0.15) is 0 Å².